The van der Waals surface area contributed by atoms with Crippen LogP contribution in [0.15, 0.2) is 53.4 Å². The fraction of sp³-hybridized carbons (Fsp3) is 0.364. The van der Waals surface area contributed by atoms with Gasteiger partial charge in [-0.3, -0.25) is 9.59 Å². The van der Waals surface area contributed by atoms with E-state index in [1.807, 2.05) is 24.3 Å². The van der Waals surface area contributed by atoms with E-state index < -0.39 is 28.1 Å². The molecule has 0 saturated carbocycles. The molecule has 33 heavy (non-hydrogen) atoms. The van der Waals surface area contributed by atoms with Crippen LogP contribution < -0.4 is 15.4 Å². The van der Waals surface area contributed by atoms with Crippen LogP contribution in [0.1, 0.15) is 12.0 Å². The van der Waals surface area contributed by atoms with Crippen molar-refractivity contribution in [1.29, 1.82) is 0 Å². The second-order valence-electron chi connectivity index (χ2n) is 7.31. The van der Waals surface area contributed by atoms with E-state index in [1.165, 1.54) is 28.6 Å². The number of methoxy groups -OCH3 is 1. The molecule has 178 valence electrons. The second kappa shape index (κ2) is 11.5. The van der Waals surface area contributed by atoms with Crippen molar-refractivity contribution >= 4 is 33.4 Å². The molecule has 3 rings (SSSR count). The molecular weight excluding hydrogens is 470 g/mol. The zero-order chi connectivity index (χ0) is 23.8. The third-order valence-corrected chi connectivity index (χ3v) is 7.23. The number of carbonyl (C=O) groups is 2. The van der Waals surface area contributed by atoms with Crippen LogP contribution in [0.4, 0.5) is 0 Å². The fourth-order valence-electron chi connectivity index (χ4n) is 3.30. The van der Waals surface area contributed by atoms with E-state index in [0.29, 0.717) is 24.5 Å². The summed E-state index contributed by atoms with van der Waals surface area (Å²) >= 11 is 5.85. The SMILES string of the molecule is COc1ccc(CCNC(=O)C(=O)NC[C@@H]2OCCCN2S(=O)(=O)c2ccc(Cl)cc2)cc1. The Balaban J connectivity index is 1.51. The zero-order valence-corrected chi connectivity index (χ0v) is 19.7. The molecule has 2 amide bonds. The van der Waals surface area contributed by atoms with Crippen molar-refractivity contribution in [2.45, 2.75) is 24.0 Å². The molecule has 0 spiro atoms. The van der Waals surface area contributed by atoms with E-state index in [1.54, 1.807) is 7.11 Å². The maximum atomic E-state index is 13.0. The van der Waals surface area contributed by atoms with Crippen LogP contribution in [-0.4, -0.2) is 64.1 Å². The minimum atomic E-state index is -3.86. The summed E-state index contributed by atoms with van der Waals surface area (Å²) in [6.07, 6.45) is 0.140. The molecule has 9 nitrogen and oxygen atoms in total. The van der Waals surface area contributed by atoms with Crippen molar-refractivity contribution in [1.82, 2.24) is 14.9 Å². The number of sulfonamides is 1. The van der Waals surface area contributed by atoms with E-state index >= 15 is 0 Å². The molecule has 1 atom stereocenters. The van der Waals surface area contributed by atoms with Crippen LogP contribution in [0.25, 0.3) is 0 Å². The maximum Gasteiger partial charge on any atom is 0.309 e. The summed E-state index contributed by atoms with van der Waals surface area (Å²) in [6, 6.07) is 13.2. The Morgan fingerprint density at radius 1 is 1.09 bits per heavy atom. The molecule has 0 aromatic heterocycles. The molecule has 2 aromatic rings. The van der Waals surface area contributed by atoms with E-state index in [-0.39, 0.29) is 24.5 Å². The predicted octanol–water partition coefficient (Wildman–Crippen LogP) is 1.56. The normalized spacial score (nSPS) is 16.7. The van der Waals surface area contributed by atoms with Crippen molar-refractivity contribution in [2.75, 3.05) is 33.4 Å². The molecule has 2 aromatic carbocycles. The number of amides is 2. The molecule has 0 bridgehead atoms. The van der Waals surface area contributed by atoms with Gasteiger partial charge in [0.25, 0.3) is 0 Å². The summed E-state index contributed by atoms with van der Waals surface area (Å²) < 4.78 is 37.9. The van der Waals surface area contributed by atoms with Crippen LogP contribution in [0, 0.1) is 0 Å². The first-order valence-electron chi connectivity index (χ1n) is 10.4. The second-order valence-corrected chi connectivity index (χ2v) is 9.64. The van der Waals surface area contributed by atoms with Crippen molar-refractivity contribution in [3.05, 3.63) is 59.1 Å². The van der Waals surface area contributed by atoms with E-state index in [0.717, 1.165) is 11.3 Å². The van der Waals surface area contributed by atoms with Crippen molar-refractivity contribution < 1.29 is 27.5 Å². The molecule has 2 N–H and O–H groups in total. The van der Waals surface area contributed by atoms with Gasteiger partial charge in [-0.2, -0.15) is 4.31 Å². The Hall–Kier alpha value is -2.66. The first-order valence-corrected chi connectivity index (χ1v) is 12.2. The standard InChI is InChI=1S/C22H26ClN3O6S/c1-31-18-7-3-16(4-8-18)11-12-24-21(27)22(28)25-15-20-26(13-2-14-32-20)33(29,30)19-9-5-17(23)6-10-19/h3-10,20H,2,11-15H2,1H3,(H,24,27)(H,25,28)/t20-/m0/s1. The Kier molecular flexibility index (Phi) is 8.67. The number of rotatable bonds is 8. The van der Waals surface area contributed by atoms with Gasteiger partial charge >= 0.3 is 11.8 Å². The lowest BCUT2D eigenvalue weighted by atomic mass is 10.1. The minimum absolute atomic E-state index is 0.0741. The minimum Gasteiger partial charge on any atom is -0.497 e. The molecule has 0 aliphatic carbocycles. The van der Waals surface area contributed by atoms with Crippen LogP contribution in [0.2, 0.25) is 5.02 Å². The first kappa shape index (κ1) is 25.0. The lowest BCUT2D eigenvalue weighted by Crippen LogP contribution is -2.53. The van der Waals surface area contributed by atoms with Crippen LogP contribution in [-0.2, 0) is 30.8 Å². The summed E-state index contributed by atoms with van der Waals surface area (Å²) in [5.41, 5.74) is 0.982. The van der Waals surface area contributed by atoms with Gasteiger partial charge in [-0.05, 0) is 54.8 Å². The van der Waals surface area contributed by atoms with Gasteiger partial charge in [0.1, 0.15) is 12.0 Å². The monoisotopic (exact) mass is 495 g/mol. The average Bonchev–Trinajstić information content (AvgIpc) is 2.83. The fourth-order valence-corrected chi connectivity index (χ4v) is 4.99. The lowest BCUT2D eigenvalue weighted by Gasteiger charge is -2.34. The topological polar surface area (TPSA) is 114 Å². The highest BCUT2D eigenvalue weighted by molar-refractivity contribution is 7.89. The Morgan fingerprint density at radius 3 is 2.42 bits per heavy atom. The molecule has 11 heteroatoms. The van der Waals surface area contributed by atoms with Crippen LogP contribution in [0.5, 0.6) is 5.75 Å². The quantitative estimate of drug-likeness (QED) is 0.537. The van der Waals surface area contributed by atoms with Crippen LogP contribution >= 0.6 is 11.6 Å². The summed E-state index contributed by atoms with van der Waals surface area (Å²) in [6.45, 7) is 0.702. The van der Waals surface area contributed by atoms with Gasteiger partial charge in [0.15, 0.2) is 0 Å². The molecule has 1 fully saturated rings. The zero-order valence-electron chi connectivity index (χ0n) is 18.1. The lowest BCUT2D eigenvalue weighted by molar-refractivity contribution is -0.140. The highest BCUT2D eigenvalue weighted by atomic mass is 35.5. The van der Waals surface area contributed by atoms with E-state index in [2.05, 4.69) is 10.6 Å². The summed E-state index contributed by atoms with van der Waals surface area (Å²) in [5.74, 6) is -0.923. The number of hydrogen-bond donors (Lipinski definition) is 2. The van der Waals surface area contributed by atoms with Gasteiger partial charge in [-0.25, -0.2) is 8.42 Å². The highest BCUT2D eigenvalue weighted by Gasteiger charge is 2.34. The maximum absolute atomic E-state index is 13.0. The van der Waals surface area contributed by atoms with E-state index in [9.17, 15) is 18.0 Å². The van der Waals surface area contributed by atoms with Crippen molar-refractivity contribution in [2.24, 2.45) is 0 Å². The number of hydrogen-bond acceptors (Lipinski definition) is 6. The van der Waals surface area contributed by atoms with Crippen LogP contribution in [0.3, 0.4) is 0 Å². The molecule has 1 heterocycles. The number of ether oxygens (including phenoxy) is 2. The number of nitrogens with zero attached hydrogens (tertiary/aromatic N) is 1. The van der Waals surface area contributed by atoms with Crippen molar-refractivity contribution in [3.8, 4) is 5.75 Å². The third kappa shape index (κ3) is 6.67. The number of nitrogens with one attached hydrogen (secondary N) is 2. The largest absolute Gasteiger partial charge is 0.497 e. The predicted molar refractivity (Wildman–Crippen MR) is 122 cm³/mol. The Labute approximate surface area is 198 Å². The molecule has 0 unspecified atom stereocenters. The average molecular weight is 496 g/mol. The summed E-state index contributed by atoms with van der Waals surface area (Å²) in [5, 5.41) is 5.43. The van der Waals surface area contributed by atoms with Gasteiger partial charge in [-0.1, -0.05) is 23.7 Å². The number of benzene rings is 2. The number of halogens is 1. The van der Waals surface area contributed by atoms with Gasteiger partial charge in [-0.15, -0.1) is 0 Å². The molecule has 0 radical (unpaired) electrons. The summed E-state index contributed by atoms with van der Waals surface area (Å²) in [7, 11) is -2.28. The first-order chi connectivity index (χ1) is 15.8. The van der Waals surface area contributed by atoms with Crippen molar-refractivity contribution in [3.63, 3.8) is 0 Å². The van der Waals surface area contributed by atoms with Gasteiger partial charge in [0, 0.05) is 18.1 Å². The van der Waals surface area contributed by atoms with E-state index in [4.69, 9.17) is 21.1 Å². The molecule has 1 aliphatic rings. The Morgan fingerprint density at radius 2 is 1.76 bits per heavy atom. The van der Waals surface area contributed by atoms with Gasteiger partial charge in [0.05, 0.1) is 25.2 Å². The molecule has 1 aliphatic heterocycles. The third-order valence-electron chi connectivity index (χ3n) is 5.08. The summed E-state index contributed by atoms with van der Waals surface area (Å²) in [4.78, 5) is 24.4. The molecule has 1 saturated heterocycles. The Bertz CT molecular complexity index is 1060. The molecular formula is C22H26ClN3O6S. The highest BCUT2D eigenvalue weighted by Crippen LogP contribution is 2.23. The van der Waals surface area contributed by atoms with Gasteiger partial charge in [0.2, 0.25) is 10.0 Å². The smallest absolute Gasteiger partial charge is 0.309 e. The number of carbonyl (C=O) groups excluding carboxylic acids is 2. The van der Waals surface area contributed by atoms with Gasteiger partial charge < -0.3 is 20.1 Å².